The number of nitrogens with zero attached hydrogens (tertiary/aromatic N) is 4. The van der Waals surface area contributed by atoms with E-state index in [1.165, 1.54) is 43.4 Å². The Morgan fingerprint density at radius 3 is 2.38 bits per heavy atom. The Labute approximate surface area is 195 Å². The van der Waals surface area contributed by atoms with Gasteiger partial charge in [0.25, 0.3) is 0 Å². The molecular formula is C22H22F3N5O3S. The van der Waals surface area contributed by atoms with E-state index in [0.717, 1.165) is 9.87 Å². The smallest absolute Gasteiger partial charge is 0.324 e. The van der Waals surface area contributed by atoms with Crippen LogP contribution in [0.4, 0.5) is 30.6 Å². The molecular weight excluding hydrogens is 471 g/mol. The lowest BCUT2D eigenvalue weighted by atomic mass is 10.0. The highest BCUT2D eigenvalue weighted by Gasteiger charge is 2.40. The number of hydrogen-bond acceptors (Lipinski definition) is 7. The molecule has 1 aromatic heterocycles. The first-order valence-electron chi connectivity index (χ1n) is 10.3. The molecule has 34 heavy (non-hydrogen) atoms. The zero-order chi connectivity index (χ0) is 24.5. The molecule has 3 aromatic rings. The molecule has 1 aliphatic heterocycles. The zero-order valence-corrected chi connectivity index (χ0v) is 19.1. The minimum absolute atomic E-state index is 0.0771. The van der Waals surface area contributed by atoms with E-state index >= 15 is 0 Å². The van der Waals surface area contributed by atoms with Crippen LogP contribution in [0.1, 0.15) is 23.6 Å². The molecule has 2 heterocycles. The zero-order valence-electron chi connectivity index (χ0n) is 18.3. The van der Waals surface area contributed by atoms with Gasteiger partial charge in [0.2, 0.25) is 16.0 Å². The van der Waals surface area contributed by atoms with Gasteiger partial charge in [-0.05, 0) is 29.8 Å². The molecule has 0 aliphatic carbocycles. The average Bonchev–Trinajstić information content (AvgIpc) is 3.29. The first-order chi connectivity index (χ1) is 16.1. The van der Waals surface area contributed by atoms with Gasteiger partial charge in [0.15, 0.2) is 5.82 Å². The third-order valence-electron chi connectivity index (χ3n) is 5.26. The van der Waals surface area contributed by atoms with Crippen molar-refractivity contribution in [2.45, 2.75) is 23.5 Å². The molecule has 12 heteroatoms. The maximum atomic E-state index is 13.8. The van der Waals surface area contributed by atoms with Gasteiger partial charge in [-0.25, -0.2) is 22.8 Å². The van der Waals surface area contributed by atoms with Crippen LogP contribution in [0.5, 0.6) is 0 Å². The highest BCUT2D eigenvalue weighted by molar-refractivity contribution is 7.89. The number of aromatic nitrogens is 2. The number of anilines is 3. The summed E-state index contributed by atoms with van der Waals surface area (Å²) in [4.78, 5) is 13.6. The van der Waals surface area contributed by atoms with E-state index in [1.807, 2.05) is 30.3 Å². The quantitative estimate of drug-likeness (QED) is 0.546. The van der Waals surface area contributed by atoms with E-state index in [-0.39, 0.29) is 17.5 Å². The molecule has 0 amide bonds. The fourth-order valence-corrected chi connectivity index (χ4v) is 4.41. The van der Waals surface area contributed by atoms with E-state index in [1.54, 1.807) is 0 Å². The van der Waals surface area contributed by atoms with Crippen LogP contribution in [0.25, 0.3) is 0 Å². The van der Waals surface area contributed by atoms with Gasteiger partial charge in [0.1, 0.15) is 5.56 Å². The van der Waals surface area contributed by atoms with Gasteiger partial charge in [0.05, 0.1) is 17.5 Å². The number of hydrogen-bond donors (Lipinski definition) is 1. The SMILES string of the molecule is CN(C)S(=O)(=O)c1ccc(Nc2ncc(C(F)(F)F)c(N3OCCC3c3ccccc3)n2)cc1. The first-order valence-corrected chi connectivity index (χ1v) is 11.7. The molecule has 0 spiro atoms. The lowest BCUT2D eigenvalue weighted by Crippen LogP contribution is -2.26. The van der Waals surface area contributed by atoms with E-state index in [0.29, 0.717) is 18.3 Å². The first kappa shape index (κ1) is 23.9. The summed E-state index contributed by atoms with van der Waals surface area (Å²) in [5.74, 6) is -0.489. The number of halogens is 3. The summed E-state index contributed by atoms with van der Waals surface area (Å²) in [5.41, 5.74) is 0.192. The Hall–Kier alpha value is -3.22. The van der Waals surface area contributed by atoms with Crippen molar-refractivity contribution < 1.29 is 26.4 Å². The van der Waals surface area contributed by atoms with Gasteiger partial charge in [-0.2, -0.15) is 18.2 Å². The summed E-state index contributed by atoms with van der Waals surface area (Å²) in [7, 11) is -0.775. The maximum absolute atomic E-state index is 13.8. The van der Waals surface area contributed by atoms with Crippen molar-refractivity contribution in [3.63, 3.8) is 0 Å². The Morgan fingerprint density at radius 2 is 1.76 bits per heavy atom. The highest BCUT2D eigenvalue weighted by Crippen LogP contribution is 2.41. The molecule has 1 atom stereocenters. The molecule has 1 fully saturated rings. The number of benzene rings is 2. The van der Waals surface area contributed by atoms with Crippen LogP contribution in [-0.4, -0.2) is 43.4 Å². The Kier molecular flexibility index (Phi) is 6.47. The molecule has 1 N–H and O–H groups in total. The van der Waals surface area contributed by atoms with Gasteiger partial charge >= 0.3 is 6.18 Å². The molecule has 4 rings (SSSR count). The third-order valence-corrected chi connectivity index (χ3v) is 7.09. The van der Waals surface area contributed by atoms with Crippen molar-refractivity contribution in [3.8, 4) is 0 Å². The lowest BCUT2D eigenvalue weighted by molar-refractivity contribution is -0.138. The predicted octanol–water partition coefficient (Wildman–Crippen LogP) is 4.37. The van der Waals surface area contributed by atoms with Crippen LogP contribution >= 0.6 is 0 Å². The molecule has 8 nitrogen and oxygen atoms in total. The summed E-state index contributed by atoms with van der Waals surface area (Å²) in [6.07, 6.45) is -3.49. The van der Waals surface area contributed by atoms with Crippen molar-refractivity contribution in [3.05, 3.63) is 71.9 Å². The second-order valence-corrected chi connectivity index (χ2v) is 9.89. The fourth-order valence-electron chi connectivity index (χ4n) is 3.51. The monoisotopic (exact) mass is 493 g/mol. The Morgan fingerprint density at radius 1 is 1.09 bits per heavy atom. The van der Waals surface area contributed by atoms with Crippen molar-refractivity contribution in [2.75, 3.05) is 31.1 Å². The van der Waals surface area contributed by atoms with Crippen molar-refractivity contribution in [1.82, 2.24) is 14.3 Å². The van der Waals surface area contributed by atoms with Crippen molar-refractivity contribution in [1.29, 1.82) is 0 Å². The molecule has 1 aliphatic rings. The van der Waals surface area contributed by atoms with Gasteiger partial charge in [0, 0.05) is 32.4 Å². The van der Waals surface area contributed by atoms with Crippen LogP contribution < -0.4 is 10.4 Å². The number of alkyl halides is 3. The lowest BCUT2D eigenvalue weighted by Gasteiger charge is -2.26. The van der Waals surface area contributed by atoms with Crippen LogP contribution in [0, 0.1) is 0 Å². The van der Waals surface area contributed by atoms with Gasteiger partial charge in [-0.15, -0.1) is 0 Å². The van der Waals surface area contributed by atoms with Gasteiger partial charge in [-0.1, -0.05) is 30.3 Å². The van der Waals surface area contributed by atoms with Crippen LogP contribution in [0.3, 0.4) is 0 Å². The standard InChI is InChI=1S/C22H22F3N5O3S/c1-29(2)34(31,32)17-10-8-16(9-11-17)27-21-26-14-18(22(23,24)25)20(28-21)30-19(12-13-33-30)15-6-4-3-5-7-15/h3-11,14,19H,12-13H2,1-2H3,(H,26,27,28). The fraction of sp³-hybridized carbons (Fsp3) is 0.273. The van der Waals surface area contributed by atoms with Gasteiger partial charge < -0.3 is 5.32 Å². The van der Waals surface area contributed by atoms with Crippen LogP contribution in [-0.2, 0) is 21.0 Å². The summed E-state index contributed by atoms with van der Waals surface area (Å²) < 4.78 is 66.8. The van der Waals surface area contributed by atoms with Crippen molar-refractivity contribution in [2.24, 2.45) is 0 Å². The number of rotatable bonds is 6. The van der Waals surface area contributed by atoms with Crippen molar-refractivity contribution >= 4 is 27.5 Å². The highest BCUT2D eigenvalue weighted by atomic mass is 32.2. The average molecular weight is 494 g/mol. The van der Waals surface area contributed by atoms with Gasteiger partial charge in [-0.3, -0.25) is 4.84 Å². The summed E-state index contributed by atoms with van der Waals surface area (Å²) in [6, 6.07) is 14.4. The van der Waals surface area contributed by atoms with Crippen LogP contribution in [0.2, 0.25) is 0 Å². The number of hydroxylamine groups is 1. The molecule has 0 bridgehead atoms. The predicted molar refractivity (Wildman–Crippen MR) is 120 cm³/mol. The van der Waals surface area contributed by atoms with E-state index in [9.17, 15) is 21.6 Å². The Balaban J connectivity index is 1.66. The normalized spacial score (nSPS) is 16.8. The molecule has 0 saturated carbocycles. The van der Waals surface area contributed by atoms with E-state index in [4.69, 9.17) is 4.84 Å². The molecule has 1 saturated heterocycles. The summed E-state index contributed by atoms with van der Waals surface area (Å²) in [6.45, 7) is 0.242. The second kappa shape index (κ2) is 9.20. The molecule has 2 aromatic carbocycles. The topological polar surface area (TPSA) is 87.7 Å². The summed E-state index contributed by atoms with van der Waals surface area (Å²) >= 11 is 0. The Bertz CT molecular complexity index is 1250. The number of sulfonamides is 1. The number of nitrogens with one attached hydrogen (secondary N) is 1. The minimum atomic E-state index is -4.69. The molecule has 1 unspecified atom stereocenters. The van der Waals surface area contributed by atoms with E-state index in [2.05, 4.69) is 15.3 Å². The van der Waals surface area contributed by atoms with Crippen LogP contribution in [0.15, 0.2) is 65.7 Å². The van der Waals surface area contributed by atoms with E-state index < -0.39 is 33.6 Å². The second-order valence-electron chi connectivity index (χ2n) is 7.74. The largest absolute Gasteiger partial charge is 0.421 e. The summed E-state index contributed by atoms with van der Waals surface area (Å²) in [5, 5.41) is 4.01. The maximum Gasteiger partial charge on any atom is 0.421 e. The minimum Gasteiger partial charge on any atom is -0.324 e. The third kappa shape index (κ3) is 4.83. The molecule has 0 radical (unpaired) electrons. The molecule has 180 valence electrons.